The van der Waals surface area contributed by atoms with Crippen LogP contribution in [0.3, 0.4) is 0 Å². The van der Waals surface area contributed by atoms with Gasteiger partial charge in [0.05, 0.1) is 31.0 Å². The number of nitrogens with one attached hydrogen (secondary N) is 2. The molecule has 0 bridgehead atoms. The van der Waals surface area contributed by atoms with Crippen molar-refractivity contribution in [3.63, 3.8) is 0 Å². The van der Waals surface area contributed by atoms with Gasteiger partial charge in [0.1, 0.15) is 10.9 Å². The highest BCUT2D eigenvalue weighted by molar-refractivity contribution is 8.00. The molecule has 1 aliphatic heterocycles. The van der Waals surface area contributed by atoms with Crippen molar-refractivity contribution in [2.75, 3.05) is 32.1 Å². The Hall–Kier alpha value is -3.01. The number of nitrogens with zero attached hydrogens (tertiary/aromatic N) is 3. The van der Waals surface area contributed by atoms with E-state index in [0.29, 0.717) is 25.3 Å². The quantitative estimate of drug-likeness (QED) is 0.346. The van der Waals surface area contributed by atoms with Crippen LogP contribution in [0, 0.1) is 0 Å². The molecule has 0 spiro atoms. The Balaban J connectivity index is 1.39. The Kier molecular flexibility index (Phi) is 7.08. The number of carbonyl (C=O) groups excluding carboxylic acids is 2. The molecular formula is C22H23N5O3S. The van der Waals surface area contributed by atoms with Gasteiger partial charge in [-0.25, -0.2) is 9.97 Å². The third kappa shape index (κ3) is 5.78. The van der Waals surface area contributed by atoms with Crippen LogP contribution < -0.4 is 10.9 Å². The molecule has 1 saturated heterocycles. The normalized spacial score (nSPS) is 14.3. The maximum Gasteiger partial charge on any atom is 0.269 e. The van der Waals surface area contributed by atoms with E-state index in [1.165, 1.54) is 11.8 Å². The summed E-state index contributed by atoms with van der Waals surface area (Å²) in [6.07, 6.45) is 0. The van der Waals surface area contributed by atoms with Crippen LogP contribution in [0.4, 0.5) is 0 Å². The first-order chi connectivity index (χ1) is 15.2. The minimum Gasteiger partial charge on any atom is -0.379 e. The molecule has 1 aromatic heterocycles. The van der Waals surface area contributed by atoms with Crippen molar-refractivity contribution in [1.82, 2.24) is 25.7 Å². The van der Waals surface area contributed by atoms with Gasteiger partial charge in [0.25, 0.3) is 5.91 Å². The fourth-order valence-electron chi connectivity index (χ4n) is 3.19. The molecule has 1 aliphatic rings. The number of benzene rings is 2. The van der Waals surface area contributed by atoms with Crippen LogP contribution in [0.15, 0.2) is 59.6 Å². The van der Waals surface area contributed by atoms with Gasteiger partial charge in [0, 0.05) is 24.0 Å². The van der Waals surface area contributed by atoms with Crippen molar-refractivity contribution in [3.8, 4) is 0 Å². The molecule has 1 fully saturated rings. The Morgan fingerprint density at radius 1 is 0.968 bits per heavy atom. The monoisotopic (exact) mass is 437 g/mol. The second kappa shape index (κ2) is 10.3. The fourth-order valence-corrected chi connectivity index (χ4v) is 4.03. The van der Waals surface area contributed by atoms with Crippen molar-refractivity contribution in [3.05, 3.63) is 66.0 Å². The van der Waals surface area contributed by atoms with Gasteiger partial charge in [-0.05, 0) is 18.2 Å². The molecule has 4 rings (SSSR count). The van der Waals surface area contributed by atoms with Gasteiger partial charge in [0.2, 0.25) is 5.91 Å². The SMILES string of the molecule is O=C(CSc1nc(CN2CCOCC2)nc2ccccc12)NNC(=O)c1ccccc1. The van der Waals surface area contributed by atoms with Crippen LogP contribution in [0.1, 0.15) is 16.2 Å². The number of hydrogen-bond donors (Lipinski definition) is 2. The molecule has 0 aliphatic carbocycles. The second-order valence-corrected chi connectivity index (χ2v) is 7.97. The maximum absolute atomic E-state index is 12.3. The van der Waals surface area contributed by atoms with Gasteiger partial charge in [0.15, 0.2) is 0 Å². The Bertz CT molecular complexity index is 1060. The Morgan fingerprint density at radius 3 is 2.52 bits per heavy atom. The Labute approximate surface area is 184 Å². The number of carbonyl (C=O) groups is 2. The molecule has 9 heteroatoms. The molecule has 2 heterocycles. The van der Waals surface area contributed by atoms with Crippen molar-refractivity contribution >= 4 is 34.5 Å². The number of thioether (sulfide) groups is 1. The zero-order valence-electron chi connectivity index (χ0n) is 16.9. The molecule has 3 aromatic rings. The lowest BCUT2D eigenvalue weighted by Crippen LogP contribution is -2.42. The highest BCUT2D eigenvalue weighted by atomic mass is 32.2. The lowest BCUT2D eigenvalue weighted by atomic mass is 10.2. The number of hydrazine groups is 1. The van der Waals surface area contributed by atoms with Crippen molar-refractivity contribution in [1.29, 1.82) is 0 Å². The molecule has 0 saturated carbocycles. The largest absolute Gasteiger partial charge is 0.379 e. The summed E-state index contributed by atoms with van der Waals surface area (Å²) in [6.45, 7) is 3.76. The molecule has 2 aromatic carbocycles. The number of ether oxygens (including phenoxy) is 1. The topological polar surface area (TPSA) is 96.5 Å². The van der Waals surface area contributed by atoms with E-state index in [0.717, 1.165) is 34.8 Å². The van der Waals surface area contributed by atoms with Crippen molar-refractivity contribution in [2.24, 2.45) is 0 Å². The lowest BCUT2D eigenvalue weighted by Gasteiger charge is -2.25. The van der Waals surface area contributed by atoms with E-state index in [1.54, 1.807) is 24.3 Å². The van der Waals surface area contributed by atoms with Crippen LogP contribution in [0.5, 0.6) is 0 Å². The van der Waals surface area contributed by atoms with E-state index < -0.39 is 0 Å². The number of amides is 2. The molecule has 8 nitrogen and oxygen atoms in total. The van der Waals surface area contributed by atoms with Gasteiger partial charge in [-0.15, -0.1) is 0 Å². The van der Waals surface area contributed by atoms with E-state index in [2.05, 4.69) is 20.7 Å². The van der Waals surface area contributed by atoms with Crippen LogP contribution in [-0.2, 0) is 16.1 Å². The average Bonchev–Trinajstić information content (AvgIpc) is 2.82. The number of morpholine rings is 1. The summed E-state index contributed by atoms with van der Waals surface area (Å²) < 4.78 is 5.40. The molecule has 0 unspecified atom stereocenters. The summed E-state index contributed by atoms with van der Waals surface area (Å²) in [4.78, 5) is 36.0. The second-order valence-electron chi connectivity index (χ2n) is 7.01. The van der Waals surface area contributed by atoms with Crippen LogP contribution >= 0.6 is 11.8 Å². The smallest absolute Gasteiger partial charge is 0.269 e. The summed E-state index contributed by atoms with van der Waals surface area (Å²) in [5.41, 5.74) is 6.21. The van der Waals surface area contributed by atoms with E-state index in [9.17, 15) is 9.59 Å². The standard InChI is InChI=1S/C22H23N5O3S/c28-20(25-26-21(29)16-6-2-1-3-7-16)15-31-22-17-8-4-5-9-18(17)23-19(24-22)14-27-10-12-30-13-11-27/h1-9H,10-15H2,(H,25,28)(H,26,29). The van der Waals surface area contributed by atoms with Gasteiger partial charge >= 0.3 is 0 Å². The minimum atomic E-state index is -0.362. The molecule has 31 heavy (non-hydrogen) atoms. The first kappa shape index (κ1) is 21.2. The van der Waals surface area contributed by atoms with Crippen molar-refractivity contribution < 1.29 is 14.3 Å². The fraction of sp³-hybridized carbons (Fsp3) is 0.273. The molecule has 2 N–H and O–H groups in total. The third-order valence-corrected chi connectivity index (χ3v) is 5.77. The molecular weight excluding hydrogens is 414 g/mol. The number of para-hydroxylation sites is 1. The van der Waals surface area contributed by atoms with Crippen LogP contribution in [0.25, 0.3) is 10.9 Å². The van der Waals surface area contributed by atoms with Gasteiger partial charge < -0.3 is 4.74 Å². The van der Waals surface area contributed by atoms with Gasteiger partial charge in [-0.2, -0.15) is 0 Å². The molecule has 0 atom stereocenters. The van der Waals surface area contributed by atoms with Crippen LogP contribution in [0.2, 0.25) is 0 Å². The highest BCUT2D eigenvalue weighted by Crippen LogP contribution is 2.25. The summed E-state index contributed by atoms with van der Waals surface area (Å²) in [5, 5.41) is 1.65. The number of aromatic nitrogens is 2. The van der Waals surface area contributed by atoms with Gasteiger partial charge in [-0.3, -0.25) is 25.3 Å². The first-order valence-electron chi connectivity index (χ1n) is 10.0. The maximum atomic E-state index is 12.3. The van der Waals surface area contributed by atoms with Gasteiger partial charge in [-0.1, -0.05) is 48.2 Å². The summed E-state index contributed by atoms with van der Waals surface area (Å²) in [7, 11) is 0. The van der Waals surface area contributed by atoms with Crippen molar-refractivity contribution in [2.45, 2.75) is 11.6 Å². The average molecular weight is 438 g/mol. The molecule has 2 amide bonds. The lowest BCUT2D eigenvalue weighted by molar-refractivity contribution is -0.119. The predicted octanol–water partition coefficient (Wildman–Crippen LogP) is 2.02. The minimum absolute atomic E-state index is 0.118. The number of rotatable bonds is 6. The Morgan fingerprint density at radius 2 is 1.71 bits per heavy atom. The zero-order chi connectivity index (χ0) is 21.5. The van der Waals surface area contributed by atoms with E-state index in [-0.39, 0.29) is 17.6 Å². The van der Waals surface area contributed by atoms with E-state index in [4.69, 9.17) is 9.72 Å². The number of fused-ring (bicyclic) bond motifs is 1. The summed E-state index contributed by atoms with van der Waals surface area (Å²) >= 11 is 1.32. The summed E-state index contributed by atoms with van der Waals surface area (Å²) in [6, 6.07) is 16.5. The predicted molar refractivity (Wildman–Crippen MR) is 118 cm³/mol. The van der Waals surface area contributed by atoms with Crippen LogP contribution in [-0.4, -0.2) is 58.7 Å². The first-order valence-corrected chi connectivity index (χ1v) is 11.0. The highest BCUT2D eigenvalue weighted by Gasteiger charge is 2.15. The number of hydrogen-bond acceptors (Lipinski definition) is 7. The van der Waals surface area contributed by atoms with E-state index >= 15 is 0 Å². The zero-order valence-corrected chi connectivity index (χ0v) is 17.7. The van der Waals surface area contributed by atoms with E-state index in [1.807, 2.05) is 30.3 Å². The molecule has 160 valence electrons. The third-order valence-electron chi connectivity index (χ3n) is 4.77. The summed E-state index contributed by atoms with van der Waals surface area (Å²) in [5.74, 6) is 0.166. The molecule has 0 radical (unpaired) electrons.